The molecule has 1 rings (SSSR count). The molecule has 0 amide bonds. The highest BCUT2D eigenvalue weighted by Crippen LogP contribution is 2.18. The summed E-state index contributed by atoms with van der Waals surface area (Å²) in [5, 5.41) is 26.4. The summed E-state index contributed by atoms with van der Waals surface area (Å²) in [6.07, 6.45) is 1.29. The van der Waals surface area contributed by atoms with Crippen LogP contribution in [0.3, 0.4) is 0 Å². The Morgan fingerprint density at radius 1 is 0.636 bits per heavy atom. The van der Waals surface area contributed by atoms with Crippen LogP contribution in [0.15, 0.2) is 18.2 Å². The van der Waals surface area contributed by atoms with Crippen molar-refractivity contribution in [2.24, 2.45) is 0 Å². The maximum Gasteiger partial charge on any atom is 0.119 e. The third-order valence-corrected chi connectivity index (χ3v) is 2.93. The van der Waals surface area contributed by atoms with Crippen molar-refractivity contribution in [3.8, 4) is 5.75 Å². The predicted octanol–water partition coefficient (Wildman–Crippen LogP) is 0.161. The number of rotatable bonds is 13. The van der Waals surface area contributed by atoms with Crippen LogP contribution in [0, 0.1) is 0 Å². The fourth-order valence-corrected chi connectivity index (χ4v) is 1.97. The Morgan fingerprint density at radius 2 is 1.27 bits per heavy atom. The Kier molecular flexibility index (Phi) is 10.6. The minimum atomic E-state index is 0.00394. The van der Waals surface area contributed by atoms with Gasteiger partial charge in [-0.05, 0) is 36.1 Å². The zero-order valence-corrected chi connectivity index (χ0v) is 12.9. The van der Waals surface area contributed by atoms with Crippen LogP contribution in [0.1, 0.15) is 11.1 Å². The molecular formula is C16H26O6. The number of aliphatic hydroxyl groups excluding tert-OH is 3. The van der Waals surface area contributed by atoms with Crippen LogP contribution in [0.4, 0.5) is 0 Å². The first-order chi connectivity index (χ1) is 10.8. The fraction of sp³-hybridized carbons (Fsp3) is 0.625. The van der Waals surface area contributed by atoms with E-state index in [9.17, 15) is 0 Å². The molecule has 6 nitrogen and oxygen atoms in total. The van der Waals surface area contributed by atoms with Crippen LogP contribution >= 0.6 is 0 Å². The molecule has 0 heterocycles. The number of benzene rings is 1. The van der Waals surface area contributed by atoms with Crippen LogP contribution in [-0.4, -0.2) is 68.2 Å². The molecule has 0 unspecified atom stereocenters. The zero-order chi connectivity index (χ0) is 16.0. The van der Waals surface area contributed by atoms with E-state index in [0.29, 0.717) is 39.5 Å². The Bertz CT molecular complexity index is 396. The number of ether oxygens (including phenoxy) is 3. The largest absolute Gasteiger partial charge is 0.491 e. The lowest BCUT2D eigenvalue weighted by Crippen LogP contribution is -2.10. The molecule has 0 spiro atoms. The van der Waals surface area contributed by atoms with Gasteiger partial charge in [-0.3, -0.25) is 0 Å². The highest BCUT2D eigenvalue weighted by atomic mass is 16.5. The molecule has 0 saturated carbocycles. The number of aliphatic hydroxyl groups is 3. The van der Waals surface area contributed by atoms with Gasteiger partial charge in [0, 0.05) is 6.61 Å². The summed E-state index contributed by atoms with van der Waals surface area (Å²) in [4.78, 5) is 0. The monoisotopic (exact) mass is 314 g/mol. The summed E-state index contributed by atoms with van der Waals surface area (Å²) in [6, 6.07) is 5.86. The lowest BCUT2D eigenvalue weighted by atomic mass is 10.1. The average molecular weight is 314 g/mol. The van der Waals surface area contributed by atoms with E-state index in [2.05, 4.69) is 0 Å². The molecule has 0 bridgehead atoms. The maximum absolute atomic E-state index is 9.08. The van der Waals surface area contributed by atoms with Crippen molar-refractivity contribution < 1.29 is 29.5 Å². The van der Waals surface area contributed by atoms with Crippen molar-refractivity contribution in [1.29, 1.82) is 0 Å². The Morgan fingerprint density at radius 3 is 1.91 bits per heavy atom. The first-order valence-electron chi connectivity index (χ1n) is 7.54. The van der Waals surface area contributed by atoms with Gasteiger partial charge in [0.15, 0.2) is 0 Å². The normalized spacial score (nSPS) is 10.9. The van der Waals surface area contributed by atoms with E-state index in [-0.39, 0.29) is 19.8 Å². The zero-order valence-electron chi connectivity index (χ0n) is 12.9. The topological polar surface area (TPSA) is 88.4 Å². The first-order valence-corrected chi connectivity index (χ1v) is 7.54. The van der Waals surface area contributed by atoms with Crippen LogP contribution < -0.4 is 4.74 Å². The Labute approximate surface area is 131 Å². The van der Waals surface area contributed by atoms with E-state index in [4.69, 9.17) is 29.5 Å². The molecular weight excluding hydrogens is 288 g/mol. The van der Waals surface area contributed by atoms with Crippen molar-refractivity contribution >= 4 is 0 Å². The SMILES string of the molecule is OCCOCCOc1cc(CCO)cc(CCOCCO)c1. The van der Waals surface area contributed by atoms with Crippen LogP contribution in [0.25, 0.3) is 0 Å². The van der Waals surface area contributed by atoms with E-state index in [0.717, 1.165) is 23.3 Å². The third kappa shape index (κ3) is 8.31. The van der Waals surface area contributed by atoms with Gasteiger partial charge in [0.2, 0.25) is 0 Å². The van der Waals surface area contributed by atoms with Gasteiger partial charge >= 0.3 is 0 Å². The predicted molar refractivity (Wildman–Crippen MR) is 82.2 cm³/mol. The van der Waals surface area contributed by atoms with Crippen molar-refractivity contribution in [3.05, 3.63) is 29.3 Å². The third-order valence-electron chi connectivity index (χ3n) is 2.93. The van der Waals surface area contributed by atoms with E-state index in [1.807, 2.05) is 18.2 Å². The van der Waals surface area contributed by atoms with Gasteiger partial charge in [0.25, 0.3) is 0 Å². The van der Waals surface area contributed by atoms with Gasteiger partial charge < -0.3 is 29.5 Å². The van der Waals surface area contributed by atoms with Crippen molar-refractivity contribution in [1.82, 2.24) is 0 Å². The molecule has 1 aromatic carbocycles. The molecule has 22 heavy (non-hydrogen) atoms. The molecule has 0 radical (unpaired) electrons. The molecule has 0 atom stereocenters. The fourth-order valence-electron chi connectivity index (χ4n) is 1.97. The summed E-state index contributed by atoms with van der Waals surface area (Å²) >= 11 is 0. The standard InChI is InChI=1S/C16H26O6/c17-3-1-14-11-15(2-6-20-7-4-18)13-16(12-14)22-10-9-21-8-5-19/h11-13,17-19H,1-10H2. The minimum Gasteiger partial charge on any atom is -0.491 e. The van der Waals surface area contributed by atoms with Crippen molar-refractivity contribution in [2.75, 3.05) is 52.9 Å². The Balaban J connectivity index is 2.52. The molecule has 3 N–H and O–H groups in total. The van der Waals surface area contributed by atoms with Gasteiger partial charge in [0.05, 0.1) is 39.6 Å². The van der Waals surface area contributed by atoms with Gasteiger partial charge in [0.1, 0.15) is 12.4 Å². The molecule has 1 aromatic rings. The highest BCUT2D eigenvalue weighted by molar-refractivity contribution is 5.35. The molecule has 0 saturated heterocycles. The molecule has 0 aromatic heterocycles. The molecule has 0 aliphatic rings. The van der Waals surface area contributed by atoms with Gasteiger partial charge in [-0.2, -0.15) is 0 Å². The van der Waals surface area contributed by atoms with Gasteiger partial charge in [-0.15, -0.1) is 0 Å². The lowest BCUT2D eigenvalue weighted by molar-refractivity contribution is 0.0704. The van der Waals surface area contributed by atoms with Crippen LogP contribution in [0.5, 0.6) is 5.75 Å². The van der Waals surface area contributed by atoms with Gasteiger partial charge in [-0.25, -0.2) is 0 Å². The summed E-state index contributed by atoms with van der Waals surface area (Å²) in [6.45, 7) is 2.11. The summed E-state index contributed by atoms with van der Waals surface area (Å²) < 4.78 is 16.1. The quantitative estimate of drug-likeness (QED) is 0.450. The average Bonchev–Trinajstić information content (AvgIpc) is 2.52. The van der Waals surface area contributed by atoms with Crippen LogP contribution in [0.2, 0.25) is 0 Å². The minimum absolute atomic E-state index is 0.00394. The number of hydrogen-bond donors (Lipinski definition) is 3. The second-order valence-electron chi connectivity index (χ2n) is 4.73. The van der Waals surface area contributed by atoms with Gasteiger partial charge in [-0.1, -0.05) is 6.07 Å². The van der Waals surface area contributed by atoms with E-state index >= 15 is 0 Å². The molecule has 6 heteroatoms. The van der Waals surface area contributed by atoms with Crippen LogP contribution in [-0.2, 0) is 22.3 Å². The lowest BCUT2D eigenvalue weighted by Gasteiger charge is -2.11. The van der Waals surface area contributed by atoms with E-state index < -0.39 is 0 Å². The summed E-state index contributed by atoms with van der Waals surface area (Å²) in [5.41, 5.74) is 2.07. The highest BCUT2D eigenvalue weighted by Gasteiger charge is 2.03. The Hall–Kier alpha value is -1.18. The number of hydrogen-bond acceptors (Lipinski definition) is 6. The van der Waals surface area contributed by atoms with Crippen molar-refractivity contribution in [3.63, 3.8) is 0 Å². The molecule has 0 aliphatic carbocycles. The maximum atomic E-state index is 9.08. The van der Waals surface area contributed by atoms with Crippen molar-refractivity contribution in [2.45, 2.75) is 12.8 Å². The molecule has 0 aliphatic heterocycles. The second-order valence-corrected chi connectivity index (χ2v) is 4.73. The second kappa shape index (κ2) is 12.4. The first kappa shape index (κ1) is 18.9. The molecule has 0 fully saturated rings. The summed E-state index contributed by atoms with van der Waals surface area (Å²) in [7, 11) is 0. The smallest absolute Gasteiger partial charge is 0.119 e. The van der Waals surface area contributed by atoms with E-state index in [1.165, 1.54) is 0 Å². The molecule has 126 valence electrons. The summed E-state index contributed by atoms with van der Waals surface area (Å²) in [5.74, 6) is 0.732. The van der Waals surface area contributed by atoms with E-state index in [1.54, 1.807) is 0 Å².